The summed E-state index contributed by atoms with van der Waals surface area (Å²) < 4.78 is 5.89. The SMILES string of the molecule is CC(C)NC(CO)COC1CCCCCC1. The zero-order valence-corrected chi connectivity index (χ0v) is 10.7. The Kier molecular flexibility index (Phi) is 7.01. The van der Waals surface area contributed by atoms with Gasteiger partial charge in [0.2, 0.25) is 0 Å². The number of rotatable bonds is 6. The molecule has 1 atom stereocenters. The van der Waals surface area contributed by atoms with Gasteiger partial charge < -0.3 is 15.2 Å². The average molecular weight is 229 g/mol. The van der Waals surface area contributed by atoms with Crippen molar-refractivity contribution >= 4 is 0 Å². The quantitative estimate of drug-likeness (QED) is 0.685. The van der Waals surface area contributed by atoms with Crippen molar-refractivity contribution in [3.63, 3.8) is 0 Å². The summed E-state index contributed by atoms with van der Waals surface area (Å²) in [6.07, 6.45) is 8.12. The molecule has 0 aliphatic heterocycles. The largest absolute Gasteiger partial charge is 0.395 e. The summed E-state index contributed by atoms with van der Waals surface area (Å²) in [7, 11) is 0. The molecule has 0 amide bonds. The van der Waals surface area contributed by atoms with E-state index in [0.29, 0.717) is 18.8 Å². The van der Waals surface area contributed by atoms with Gasteiger partial charge in [0.1, 0.15) is 0 Å². The van der Waals surface area contributed by atoms with Gasteiger partial charge in [0.15, 0.2) is 0 Å². The first kappa shape index (κ1) is 13.9. The molecule has 0 heterocycles. The van der Waals surface area contributed by atoms with Crippen molar-refractivity contribution in [2.24, 2.45) is 0 Å². The highest BCUT2D eigenvalue weighted by molar-refractivity contribution is 4.70. The van der Waals surface area contributed by atoms with Gasteiger partial charge in [-0.2, -0.15) is 0 Å². The van der Waals surface area contributed by atoms with Gasteiger partial charge in [-0.05, 0) is 12.8 Å². The highest BCUT2D eigenvalue weighted by atomic mass is 16.5. The van der Waals surface area contributed by atoms with Gasteiger partial charge >= 0.3 is 0 Å². The fourth-order valence-electron chi connectivity index (χ4n) is 2.29. The number of hydrogen-bond acceptors (Lipinski definition) is 3. The van der Waals surface area contributed by atoms with Crippen LogP contribution in [0.15, 0.2) is 0 Å². The van der Waals surface area contributed by atoms with Crippen LogP contribution >= 0.6 is 0 Å². The van der Waals surface area contributed by atoms with Crippen LogP contribution in [0.3, 0.4) is 0 Å². The van der Waals surface area contributed by atoms with Crippen molar-refractivity contribution < 1.29 is 9.84 Å². The van der Waals surface area contributed by atoms with Crippen LogP contribution in [0.1, 0.15) is 52.4 Å². The van der Waals surface area contributed by atoms with E-state index in [-0.39, 0.29) is 12.6 Å². The van der Waals surface area contributed by atoms with Gasteiger partial charge in [0.25, 0.3) is 0 Å². The third-order valence-corrected chi connectivity index (χ3v) is 3.12. The van der Waals surface area contributed by atoms with E-state index in [0.717, 1.165) is 0 Å². The molecule has 3 heteroatoms. The van der Waals surface area contributed by atoms with Crippen molar-refractivity contribution in [2.75, 3.05) is 13.2 Å². The summed E-state index contributed by atoms with van der Waals surface area (Å²) in [6.45, 7) is 4.98. The molecule has 0 spiro atoms. The van der Waals surface area contributed by atoms with Crippen LogP contribution in [0.5, 0.6) is 0 Å². The lowest BCUT2D eigenvalue weighted by molar-refractivity contribution is 0.0175. The number of aliphatic hydroxyl groups excluding tert-OH is 1. The first-order chi connectivity index (χ1) is 7.72. The van der Waals surface area contributed by atoms with E-state index >= 15 is 0 Å². The maximum Gasteiger partial charge on any atom is 0.0645 e. The Morgan fingerprint density at radius 2 is 1.81 bits per heavy atom. The van der Waals surface area contributed by atoms with Crippen molar-refractivity contribution in [1.82, 2.24) is 5.32 Å². The number of hydrogen-bond donors (Lipinski definition) is 2. The van der Waals surface area contributed by atoms with E-state index in [2.05, 4.69) is 19.2 Å². The Morgan fingerprint density at radius 1 is 1.19 bits per heavy atom. The molecule has 0 saturated heterocycles. The maximum atomic E-state index is 9.22. The molecule has 1 rings (SSSR count). The lowest BCUT2D eigenvalue weighted by Crippen LogP contribution is -2.41. The van der Waals surface area contributed by atoms with E-state index in [4.69, 9.17) is 4.74 Å². The van der Waals surface area contributed by atoms with Crippen LogP contribution in [-0.2, 0) is 4.74 Å². The summed E-state index contributed by atoms with van der Waals surface area (Å²) >= 11 is 0. The van der Waals surface area contributed by atoms with Gasteiger partial charge in [-0.3, -0.25) is 0 Å². The minimum Gasteiger partial charge on any atom is -0.395 e. The highest BCUT2D eigenvalue weighted by Gasteiger charge is 2.15. The minimum absolute atomic E-state index is 0.0863. The molecule has 96 valence electrons. The number of ether oxygens (including phenoxy) is 1. The Morgan fingerprint density at radius 3 is 2.31 bits per heavy atom. The smallest absolute Gasteiger partial charge is 0.0645 e. The summed E-state index contributed by atoms with van der Waals surface area (Å²) in [5.41, 5.74) is 0. The van der Waals surface area contributed by atoms with E-state index in [9.17, 15) is 5.11 Å². The van der Waals surface area contributed by atoms with E-state index in [1.807, 2.05) is 0 Å². The van der Waals surface area contributed by atoms with Crippen molar-refractivity contribution in [3.8, 4) is 0 Å². The predicted octanol–water partition coefficient (Wildman–Crippen LogP) is 2.08. The van der Waals surface area contributed by atoms with Crippen LogP contribution in [0.4, 0.5) is 0 Å². The molecule has 0 aromatic rings. The molecule has 0 aromatic carbocycles. The first-order valence-electron chi connectivity index (χ1n) is 6.71. The second kappa shape index (κ2) is 8.04. The Balaban J connectivity index is 2.19. The fraction of sp³-hybridized carbons (Fsp3) is 1.00. The molecule has 0 aromatic heterocycles. The molecule has 1 aliphatic rings. The molecular formula is C13H27NO2. The van der Waals surface area contributed by atoms with Crippen LogP contribution < -0.4 is 5.32 Å². The Bertz CT molecular complexity index is 163. The van der Waals surface area contributed by atoms with Crippen molar-refractivity contribution in [1.29, 1.82) is 0 Å². The van der Waals surface area contributed by atoms with Crippen LogP contribution in [-0.4, -0.2) is 36.5 Å². The Hall–Kier alpha value is -0.120. The maximum absolute atomic E-state index is 9.22. The van der Waals surface area contributed by atoms with Gasteiger partial charge in [-0.25, -0.2) is 0 Å². The molecule has 1 aliphatic carbocycles. The topological polar surface area (TPSA) is 41.5 Å². The molecule has 16 heavy (non-hydrogen) atoms. The van der Waals surface area contributed by atoms with Gasteiger partial charge in [-0.15, -0.1) is 0 Å². The fourth-order valence-corrected chi connectivity index (χ4v) is 2.29. The normalized spacial score (nSPS) is 21.0. The molecule has 1 fully saturated rings. The zero-order chi connectivity index (χ0) is 11.8. The van der Waals surface area contributed by atoms with Crippen LogP contribution in [0.25, 0.3) is 0 Å². The van der Waals surface area contributed by atoms with Gasteiger partial charge in [0.05, 0.1) is 25.4 Å². The lowest BCUT2D eigenvalue weighted by atomic mass is 10.1. The Labute approximate surface area is 99.6 Å². The summed E-state index contributed by atoms with van der Waals surface area (Å²) in [5, 5.41) is 12.5. The monoisotopic (exact) mass is 229 g/mol. The lowest BCUT2D eigenvalue weighted by Gasteiger charge is -2.22. The molecule has 1 unspecified atom stereocenters. The number of nitrogens with one attached hydrogen (secondary N) is 1. The van der Waals surface area contributed by atoms with Gasteiger partial charge in [0, 0.05) is 6.04 Å². The van der Waals surface area contributed by atoms with Gasteiger partial charge in [-0.1, -0.05) is 39.5 Å². The van der Waals surface area contributed by atoms with E-state index in [1.165, 1.54) is 38.5 Å². The van der Waals surface area contributed by atoms with Crippen LogP contribution in [0, 0.1) is 0 Å². The first-order valence-corrected chi connectivity index (χ1v) is 6.71. The summed E-state index contributed by atoms with van der Waals surface area (Å²) in [5.74, 6) is 0. The summed E-state index contributed by atoms with van der Waals surface area (Å²) in [6, 6.07) is 0.484. The third kappa shape index (κ3) is 5.83. The second-order valence-electron chi connectivity index (χ2n) is 5.15. The van der Waals surface area contributed by atoms with Crippen molar-refractivity contribution in [2.45, 2.75) is 70.6 Å². The molecule has 1 saturated carbocycles. The van der Waals surface area contributed by atoms with E-state index < -0.39 is 0 Å². The predicted molar refractivity (Wildman–Crippen MR) is 66.6 cm³/mol. The van der Waals surface area contributed by atoms with Crippen LogP contribution in [0.2, 0.25) is 0 Å². The number of aliphatic hydroxyl groups is 1. The molecule has 0 bridgehead atoms. The molecule has 0 radical (unpaired) electrons. The summed E-state index contributed by atoms with van der Waals surface area (Å²) in [4.78, 5) is 0. The van der Waals surface area contributed by atoms with Crippen molar-refractivity contribution in [3.05, 3.63) is 0 Å². The third-order valence-electron chi connectivity index (χ3n) is 3.12. The molecule has 3 nitrogen and oxygen atoms in total. The molecule has 2 N–H and O–H groups in total. The van der Waals surface area contributed by atoms with E-state index in [1.54, 1.807) is 0 Å². The minimum atomic E-state index is 0.0863. The molecular weight excluding hydrogens is 202 g/mol. The standard InChI is InChI=1S/C13H27NO2/c1-11(2)14-12(9-15)10-16-13-7-5-3-4-6-8-13/h11-15H,3-10H2,1-2H3. The zero-order valence-electron chi connectivity index (χ0n) is 10.7. The highest BCUT2D eigenvalue weighted by Crippen LogP contribution is 2.19. The average Bonchev–Trinajstić information content (AvgIpc) is 2.52. The second-order valence-corrected chi connectivity index (χ2v) is 5.15.